The predicted molar refractivity (Wildman–Crippen MR) is 86.0 cm³/mol. The molecule has 2 atom stereocenters. The number of carboxylic acid groups (broad SMARTS) is 1. The van der Waals surface area contributed by atoms with Crippen LogP contribution in [0.3, 0.4) is 0 Å². The summed E-state index contributed by atoms with van der Waals surface area (Å²) in [6.45, 7) is 1.94. The van der Waals surface area contributed by atoms with Gasteiger partial charge in [-0.05, 0) is 24.6 Å². The van der Waals surface area contributed by atoms with Crippen LogP contribution in [-0.2, 0) is 9.53 Å². The number of aliphatic hydroxyl groups excluding tert-OH is 1. The van der Waals surface area contributed by atoms with Crippen LogP contribution in [0.5, 0.6) is 5.75 Å². The lowest BCUT2D eigenvalue weighted by molar-refractivity contribution is -0.141. The molecule has 2 rings (SSSR count). The summed E-state index contributed by atoms with van der Waals surface area (Å²) in [7, 11) is 1.31. The summed E-state index contributed by atoms with van der Waals surface area (Å²) >= 11 is 0. The van der Waals surface area contributed by atoms with Gasteiger partial charge in [0, 0.05) is 18.0 Å². The van der Waals surface area contributed by atoms with Gasteiger partial charge in [0.05, 0.1) is 25.2 Å². The number of methoxy groups -OCH3 is 1. The molecule has 8 nitrogen and oxygen atoms in total. The van der Waals surface area contributed by atoms with Gasteiger partial charge in [-0.15, -0.1) is 0 Å². The number of benzene rings is 1. The fourth-order valence-electron chi connectivity index (χ4n) is 2.46. The first-order valence-electron chi connectivity index (χ1n) is 7.39. The minimum atomic E-state index is -1.16. The second-order valence-electron chi connectivity index (χ2n) is 5.56. The number of carbonyl (C=O) groups excluding carboxylic acids is 1. The normalized spacial score (nSPS) is 13.6. The smallest absolute Gasteiger partial charge is 0.352 e. The van der Waals surface area contributed by atoms with E-state index >= 15 is 0 Å². The molecule has 0 aliphatic heterocycles. The number of nitrogens with one attached hydrogen (secondary N) is 2. The number of carboxylic acids is 1. The standard InChI is InChI=1S/C16H20N2O6/c1-8(5-14(21)24-2)17-7-13(20)9-3-4-12(19)15-10(9)6-11(18-15)16(22)23/h3-4,6,8,13,17-20H,5,7H2,1-2H3,(H,22,23). The van der Waals surface area contributed by atoms with Crippen molar-refractivity contribution in [2.75, 3.05) is 13.7 Å². The number of carbonyl (C=O) groups is 2. The Morgan fingerprint density at radius 3 is 2.71 bits per heavy atom. The average Bonchev–Trinajstić information content (AvgIpc) is 2.99. The number of ether oxygens (including phenoxy) is 1. The van der Waals surface area contributed by atoms with Crippen molar-refractivity contribution in [1.29, 1.82) is 0 Å². The molecule has 1 aromatic heterocycles. The van der Waals surface area contributed by atoms with E-state index in [2.05, 4.69) is 15.0 Å². The molecule has 5 N–H and O–H groups in total. The van der Waals surface area contributed by atoms with Gasteiger partial charge >= 0.3 is 11.9 Å². The molecule has 0 aliphatic carbocycles. The maximum atomic E-state index is 11.2. The topological polar surface area (TPSA) is 132 Å². The lowest BCUT2D eigenvalue weighted by Crippen LogP contribution is -2.32. The lowest BCUT2D eigenvalue weighted by Gasteiger charge is -2.17. The minimum Gasteiger partial charge on any atom is -0.506 e. The maximum Gasteiger partial charge on any atom is 0.352 e. The van der Waals surface area contributed by atoms with Gasteiger partial charge in [0.25, 0.3) is 0 Å². The van der Waals surface area contributed by atoms with E-state index in [1.54, 1.807) is 6.92 Å². The third-order valence-corrected chi connectivity index (χ3v) is 3.76. The van der Waals surface area contributed by atoms with E-state index in [1.807, 2.05) is 0 Å². The van der Waals surface area contributed by atoms with Crippen LogP contribution in [0, 0.1) is 0 Å². The number of rotatable bonds is 7. The first kappa shape index (κ1) is 17.8. The van der Waals surface area contributed by atoms with Crippen LogP contribution in [0.15, 0.2) is 18.2 Å². The number of aromatic carboxylic acids is 1. The minimum absolute atomic E-state index is 0.0769. The first-order chi connectivity index (χ1) is 11.3. The van der Waals surface area contributed by atoms with Crippen LogP contribution >= 0.6 is 0 Å². The molecular formula is C16H20N2O6. The second-order valence-corrected chi connectivity index (χ2v) is 5.56. The van der Waals surface area contributed by atoms with Gasteiger partial charge in [-0.3, -0.25) is 4.79 Å². The first-order valence-corrected chi connectivity index (χ1v) is 7.39. The van der Waals surface area contributed by atoms with Crippen molar-refractivity contribution in [1.82, 2.24) is 10.3 Å². The Morgan fingerprint density at radius 2 is 2.08 bits per heavy atom. The molecular weight excluding hydrogens is 316 g/mol. The van der Waals surface area contributed by atoms with Crippen LogP contribution in [-0.4, -0.2) is 51.9 Å². The quantitative estimate of drug-likeness (QED) is 0.479. The summed E-state index contributed by atoms with van der Waals surface area (Å²) < 4.78 is 4.58. The molecule has 2 unspecified atom stereocenters. The molecule has 2 aromatic rings. The van der Waals surface area contributed by atoms with Crippen LogP contribution in [0.2, 0.25) is 0 Å². The molecule has 130 valence electrons. The summed E-state index contributed by atoms with van der Waals surface area (Å²) in [6, 6.07) is 4.10. The lowest BCUT2D eigenvalue weighted by atomic mass is 10.0. The number of esters is 1. The van der Waals surface area contributed by atoms with Crippen LogP contribution in [0.1, 0.15) is 35.5 Å². The van der Waals surface area contributed by atoms with Crippen molar-refractivity contribution in [3.05, 3.63) is 29.5 Å². The number of aromatic nitrogens is 1. The van der Waals surface area contributed by atoms with E-state index in [0.29, 0.717) is 10.9 Å². The monoisotopic (exact) mass is 336 g/mol. The third-order valence-electron chi connectivity index (χ3n) is 3.76. The molecule has 0 amide bonds. The SMILES string of the molecule is COC(=O)CC(C)NCC(O)c1ccc(O)c2[nH]c(C(=O)O)cc12. The zero-order valence-corrected chi connectivity index (χ0v) is 13.4. The molecule has 0 spiro atoms. The number of aromatic amines is 1. The number of H-pyrrole nitrogens is 1. The van der Waals surface area contributed by atoms with Crippen molar-refractivity contribution in [3.8, 4) is 5.75 Å². The number of hydrogen-bond acceptors (Lipinski definition) is 6. The van der Waals surface area contributed by atoms with E-state index in [-0.39, 0.29) is 41.9 Å². The summed E-state index contributed by atoms with van der Waals surface area (Å²) in [5, 5.41) is 32.7. The highest BCUT2D eigenvalue weighted by Gasteiger charge is 2.18. The zero-order valence-electron chi connectivity index (χ0n) is 13.4. The Morgan fingerprint density at radius 1 is 1.38 bits per heavy atom. The summed E-state index contributed by atoms with van der Waals surface area (Å²) in [6.07, 6.45) is -0.771. The maximum absolute atomic E-state index is 11.2. The van der Waals surface area contributed by atoms with Gasteiger partial charge in [-0.25, -0.2) is 4.79 Å². The highest BCUT2D eigenvalue weighted by Crippen LogP contribution is 2.31. The van der Waals surface area contributed by atoms with Gasteiger partial charge in [0.2, 0.25) is 0 Å². The Bertz CT molecular complexity index is 754. The molecule has 24 heavy (non-hydrogen) atoms. The third kappa shape index (κ3) is 3.84. The van der Waals surface area contributed by atoms with Crippen molar-refractivity contribution in [2.45, 2.75) is 25.5 Å². The van der Waals surface area contributed by atoms with E-state index in [4.69, 9.17) is 5.11 Å². The summed E-state index contributed by atoms with van der Waals surface area (Å²) in [5.74, 6) is -1.61. The Balaban J connectivity index is 2.17. The molecule has 0 aliphatic rings. The fraction of sp³-hybridized carbons (Fsp3) is 0.375. The average molecular weight is 336 g/mol. The van der Waals surface area contributed by atoms with Gasteiger partial charge in [0.1, 0.15) is 11.4 Å². The number of phenolic OH excluding ortho intramolecular Hbond substituents is 1. The van der Waals surface area contributed by atoms with Gasteiger partial charge in [0.15, 0.2) is 0 Å². The molecule has 0 saturated heterocycles. The number of hydrogen-bond donors (Lipinski definition) is 5. The largest absolute Gasteiger partial charge is 0.506 e. The number of phenols is 1. The molecule has 0 fully saturated rings. The molecule has 8 heteroatoms. The van der Waals surface area contributed by atoms with E-state index in [9.17, 15) is 19.8 Å². The van der Waals surface area contributed by atoms with Crippen LogP contribution in [0.4, 0.5) is 0 Å². The highest BCUT2D eigenvalue weighted by molar-refractivity contribution is 5.97. The summed E-state index contributed by atoms with van der Waals surface area (Å²) in [5.41, 5.74) is 0.655. The van der Waals surface area contributed by atoms with Crippen molar-refractivity contribution in [3.63, 3.8) is 0 Å². The second kappa shape index (κ2) is 7.33. The number of aromatic hydroxyl groups is 1. The molecule has 0 bridgehead atoms. The number of fused-ring (bicyclic) bond motifs is 1. The molecule has 1 heterocycles. The number of aliphatic hydroxyl groups is 1. The predicted octanol–water partition coefficient (Wildman–Crippen LogP) is 1.15. The van der Waals surface area contributed by atoms with Crippen molar-refractivity contribution >= 4 is 22.8 Å². The molecule has 0 saturated carbocycles. The van der Waals surface area contributed by atoms with E-state index in [1.165, 1.54) is 25.3 Å². The van der Waals surface area contributed by atoms with Crippen LogP contribution in [0.25, 0.3) is 10.9 Å². The van der Waals surface area contributed by atoms with Gasteiger partial charge < -0.3 is 30.4 Å². The van der Waals surface area contributed by atoms with Crippen molar-refractivity contribution < 1.29 is 29.6 Å². The van der Waals surface area contributed by atoms with Gasteiger partial charge in [-0.2, -0.15) is 0 Å². The molecule has 0 radical (unpaired) electrons. The van der Waals surface area contributed by atoms with Crippen LogP contribution < -0.4 is 5.32 Å². The van der Waals surface area contributed by atoms with Crippen molar-refractivity contribution in [2.24, 2.45) is 0 Å². The van der Waals surface area contributed by atoms with Gasteiger partial charge in [-0.1, -0.05) is 6.07 Å². The Labute approximate surface area is 138 Å². The van der Waals surface area contributed by atoms with E-state index < -0.39 is 12.1 Å². The summed E-state index contributed by atoms with van der Waals surface area (Å²) in [4.78, 5) is 24.9. The molecule has 1 aromatic carbocycles. The zero-order chi connectivity index (χ0) is 17.9. The highest BCUT2D eigenvalue weighted by atomic mass is 16.5. The Kier molecular flexibility index (Phi) is 5.42. The Hall–Kier alpha value is -2.58. The fourth-order valence-corrected chi connectivity index (χ4v) is 2.46. The van der Waals surface area contributed by atoms with E-state index in [0.717, 1.165) is 0 Å².